The Kier molecular flexibility index (Phi) is 4.64. The van der Waals surface area contributed by atoms with Gasteiger partial charge in [0.25, 0.3) is 0 Å². The smallest absolute Gasteiger partial charge is 0.120 e. The first-order chi connectivity index (χ1) is 9.80. The monoisotopic (exact) mass is 290 g/mol. The molecule has 2 atom stereocenters. The maximum atomic E-state index is 10.4. The minimum Gasteiger partial charge on any atom is -0.508 e. The van der Waals surface area contributed by atoms with E-state index in [1.54, 1.807) is 0 Å². The third kappa shape index (κ3) is 3.09. The molecule has 0 fully saturated rings. The van der Waals surface area contributed by atoms with Crippen molar-refractivity contribution >= 4 is 0 Å². The molecule has 0 amide bonds. The second-order valence-electron chi connectivity index (χ2n) is 7.31. The van der Waals surface area contributed by atoms with Gasteiger partial charge in [0.05, 0.1) is 0 Å². The Hall–Kier alpha value is -1.06. The summed E-state index contributed by atoms with van der Waals surface area (Å²) < 4.78 is 0. The molecule has 1 aliphatic carbocycles. The number of benzene rings is 1. The van der Waals surface area contributed by atoms with Crippen molar-refractivity contribution in [1.82, 2.24) is 4.90 Å². The Labute approximate surface area is 129 Å². The van der Waals surface area contributed by atoms with Crippen molar-refractivity contribution in [2.45, 2.75) is 53.0 Å². The van der Waals surface area contributed by atoms with E-state index in [9.17, 15) is 5.11 Å². The fourth-order valence-electron chi connectivity index (χ4n) is 3.70. The van der Waals surface area contributed by atoms with E-state index in [2.05, 4.69) is 39.5 Å². The third-order valence-corrected chi connectivity index (χ3v) is 4.92. The lowest BCUT2D eigenvalue weighted by atomic mass is 9.91. The summed E-state index contributed by atoms with van der Waals surface area (Å²) in [7, 11) is 0. The highest BCUT2D eigenvalue weighted by molar-refractivity contribution is 5.51. The van der Waals surface area contributed by atoms with E-state index in [0.29, 0.717) is 24.3 Å². The van der Waals surface area contributed by atoms with Gasteiger partial charge in [-0.05, 0) is 55.0 Å². The van der Waals surface area contributed by atoms with Crippen molar-refractivity contribution in [2.75, 3.05) is 19.6 Å². The molecule has 1 aromatic rings. The fraction of sp³-hybridized carbons (Fsp3) is 0.667. The van der Waals surface area contributed by atoms with Crippen molar-refractivity contribution in [3.05, 3.63) is 28.8 Å². The number of fused-ring (bicyclic) bond motifs is 1. The normalized spacial score (nSPS) is 21.9. The van der Waals surface area contributed by atoms with Gasteiger partial charge in [0.1, 0.15) is 5.75 Å². The zero-order valence-corrected chi connectivity index (χ0v) is 14.1. The highest BCUT2D eigenvalue weighted by atomic mass is 16.3. The third-order valence-electron chi connectivity index (χ3n) is 4.92. The van der Waals surface area contributed by atoms with Gasteiger partial charge in [-0.25, -0.2) is 0 Å². The predicted molar refractivity (Wildman–Crippen MR) is 88.7 cm³/mol. The Morgan fingerprint density at radius 2 is 2.00 bits per heavy atom. The minimum absolute atomic E-state index is 0.0987. The number of nitrogens with zero attached hydrogens (tertiary/aromatic N) is 1. The van der Waals surface area contributed by atoms with Crippen LogP contribution in [0.15, 0.2) is 12.1 Å². The number of aryl methyl sites for hydroxylation is 1. The lowest BCUT2D eigenvalue weighted by Gasteiger charge is -2.35. The second kappa shape index (κ2) is 5.98. The lowest BCUT2D eigenvalue weighted by molar-refractivity contribution is 0.134. The van der Waals surface area contributed by atoms with Gasteiger partial charge in [-0.1, -0.05) is 33.8 Å². The SMILES string of the molecule is CCN(CC(C)(C)CN)C1CC(C)c2c(C)ccc(O)c21. The molecule has 21 heavy (non-hydrogen) atoms. The molecule has 0 radical (unpaired) electrons. The first-order valence-corrected chi connectivity index (χ1v) is 8.07. The second-order valence-corrected chi connectivity index (χ2v) is 7.31. The van der Waals surface area contributed by atoms with E-state index in [1.807, 2.05) is 12.1 Å². The minimum atomic E-state index is 0.0987. The van der Waals surface area contributed by atoms with Crippen molar-refractivity contribution in [2.24, 2.45) is 11.1 Å². The average molecular weight is 290 g/mol. The van der Waals surface area contributed by atoms with Gasteiger partial charge >= 0.3 is 0 Å². The van der Waals surface area contributed by atoms with E-state index in [0.717, 1.165) is 25.1 Å². The summed E-state index contributed by atoms with van der Waals surface area (Å²) in [6, 6.07) is 4.19. The van der Waals surface area contributed by atoms with Gasteiger partial charge in [-0.3, -0.25) is 4.90 Å². The molecular weight excluding hydrogens is 260 g/mol. The van der Waals surface area contributed by atoms with Gasteiger partial charge in [-0.15, -0.1) is 0 Å². The topological polar surface area (TPSA) is 49.5 Å². The first kappa shape index (κ1) is 16.3. The van der Waals surface area contributed by atoms with Crippen LogP contribution in [0.4, 0.5) is 0 Å². The molecule has 0 saturated carbocycles. The van der Waals surface area contributed by atoms with Gasteiger partial charge in [0.15, 0.2) is 0 Å². The average Bonchev–Trinajstić information content (AvgIpc) is 2.79. The molecule has 118 valence electrons. The van der Waals surface area contributed by atoms with Crippen LogP contribution in [0.5, 0.6) is 5.75 Å². The maximum Gasteiger partial charge on any atom is 0.120 e. The standard InChI is InChI=1S/C18H30N2O/c1-6-20(11-18(4,5)10-19)14-9-13(3)16-12(2)7-8-15(21)17(14)16/h7-8,13-14,21H,6,9-11,19H2,1-5H3. The summed E-state index contributed by atoms with van der Waals surface area (Å²) in [6.07, 6.45) is 1.09. The van der Waals surface area contributed by atoms with Crippen LogP contribution in [-0.4, -0.2) is 29.6 Å². The molecule has 0 spiro atoms. The maximum absolute atomic E-state index is 10.4. The molecule has 2 rings (SSSR count). The summed E-state index contributed by atoms with van der Waals surface area (Å²) in [6.45, 7) is 13.7. The Balaban J connectivity index is 2.37. The number of rotatable bonds is 5. The Bertz CT molecular complexity index is 510. The van der Waals surface area contributed by atoms with Crippen LogP contribution >= 0.6 is 0 Å². The lowest BCUT2D eigenvalue weighted by Crippen LogP contribution is -2.40. The van der Waals surface area contributed by atoms with Crippen molar-refractivity contribution in [3.63, 3.8) is 0 Å². The molecular formula is C18H30N2O. The fourth-order valence-corrected chi connectivity index (χ4v) is 3.70. The number of nitrogens with two attached hydrogens (primary N) is 1. The summed E-state index contributed by atoms with van der Waals surface area (Å²) >= 11 is 0. The van der Waals surface area contributed by atoms with Crippen LogP contribution in [0.25, 0.3) is 0 Å². The predicted octanol–water partition coefficient (Wildman–Crippen LogP) is 3.56. The molecule has 1 aliphatic rings. The van der Waals surface area contributed by atoms with Crippen molar-refractivity contribution in [3.8, 4) is 5.75 Å². The van der Waals surface area contributed by atoms with E-state index in [1.165, 1.54) is 11.1 Å². The summed E-state index contributed by atoms with van der Waals surface area (Å²) in [5, 5.41) is 10.4. The quantitative estimate of drug-likeness (QED) is 0.872. The highest BCUT2D eigenvalue weighted by Crippen LogP contribution is 2.48. The molecule has 3 heteroatoms. The molecule has 3 nitrogen and oxygen atoms in total. The summed E-state index contributed by atoms with van der Waals surface area (Å²) in [5.74, 6) is 0.959. The summed E-state index contributed by atoms with van der Waals surface area (Å²) in [5.41, 5.74) is 9.81. The number of aromatic hydroxyl groups is 1. The van der Waals surface area contributed by atoms with Gasteiger partial charge in [0, 0.05) is 18.2 Å². The van der Waals surface area contributed by atoms with Gasteiger partial charge < -0.3 is 10.8 Å². The van der Waals surface area contributed by atoms with Crippen LogP contribution in [0, 0.1) is 12.3 Å². The number of hydrogen-bond acceptors (Lipinski definition) is 3. The molecule has 1 aromatic carbocycles. The van der Waals surface area contributed by atoms with Crippen LogP contribution in [0.3, 0.4) is 0 Å². The van der Waals surface area contributed by atoms with Crippen LogP contribution in [0.2, 0.25) is 0 Å². The van der Waals surface area contributed by atoms with Crippen LogP contribution in [0.1, 0.15) is 62.8 Å². The van der Waals surface area contributed by atoms with E-state index >= 15 is 0 Å². The van der Waals surface area contributed by atoms with E-state index in [4.69, 9.17) is 5.73 Å². The van der Waals surface area contributed by atoms with Crippen LogP contribution in [-0.2, 0) is 0 Å². The first-order valence-electron chi connectivity index (χ1n) is 8.07. The molecule has 2 unspecified atom stereocenters. The summed E-state index contributed by atoms with van der Waals surface area (Å²) in [4.78, 5) is 2.48. The van der Waals surface area contributed by atoms with Crippen LogP contribution < -0.4 is 5.73 Å². The molecule has 0 saturated heterocycles. The number of phenols is 1. The molecule has 3 N–H and O–H groups in total. The molecule has 0 aliphatic heterocycles. The Morgan fingerprint density at radius 1 is 1.33 bits per heavy atom. The van der Waals surface area contributed by atoms with E-state index in [-0.39, 0.29) is 5.41 Å². The largest absolute Gasteiger partial charge is 0.508 e. The highest BCUT2D eigenvalue weighted by Gasteiger charge is 2.36. The van der Waals surface area contributed by atoms with Gasteiger partial charge in [-0.2, -0.15) is 0 Å². The number of hydrogen-bond donors (Lipinski definition) is 2. The molecule has 0 aromatic heterocycles. The number of phenolic OH excluding ortho intramolecular Hbond substituents is 1. The molecule has 0 bridgehead atoms. The molecule has 0 heterocycles. The van der Waals surface area contributed by atoms with Crippen molar-refractivity contribution in [1.29, 1.82) is 0 Å². The van der Waals surface area contributed by atoms with Gasteiger partial charge in [0.2, 0.25) is 0 Å². The zero-order chi connectivity index (χ0) is 15.8. The Morgan fingerprint density at radius 3 is 2.57 bits per heavy atom. The zero-order valence-electron chi connectivity index (χ0n) is 14.1. The van der Waals surface area contributed by atoms with E-state index < -0.39 is 0 Å². The van der Waals surface area contributed by atoms with Crippen molar-refractivity contribution < 1.29 is 5.11 Å².